The van der Waals surface area contributed by atoms with Crippen molar-refractivity contribution >= 4 is 27.4 Å². The summed E-state index contributed by atoms with van der Waals surface area (Å²) in [7, 11) is -3.38. The quantitative estimate of drug-likeness (QED) is 0.362. The summed E-state index contributed by atoms with van der Waals surface area (Å²) in [6.45, 7) is -1.27. The van der Waals surface area contributed by atoms with Crippen molar-refractivity contribution in [3.63, 3.8) is 0 Å². The van der Waals surface area contributed by atoms with Gasteiger partial charge in [0.15, 0.2) is 0 Å². The molecule has 0 spiro atoms. The number of nitrogens with zero attached hydrogens (tertiary/aromatic N) is 1. The van der Waals surface area contributed by atoms with Gasteiger partial charge in [0.2, 0.25) is 0 Å². The zero-order chi connectivity index (χ0) is 21.1. The third kappa shape index (κ3) is 5.12. The van der Waals surface area contributed by atoms with Crippen LogP contribution in [0.15, 0.2) is 47.4 Å². The molecule has 12 heteroatoms. The Morgan fingerprint density at radius 1 is 1.21 bits per heavy atom. The summed E-state index contributed by atoms with van der Waals surface area (Å²) in [5, 5.41) is 10.7. The summed E-state index contributed by atoms with van der Waals surface area (Å²) < 4.78 is 74.1. The van der Waals surface area contributed by atoms with E-state index in [1.165, 1.54) is 13.2 Å². The molecule has 0 aromatic heterocycles. The highest BCUT2D eigenvalue weighted by Gasteiger charge is 2.42. The average molecular weight is 440 g/mol. The first-order chi connectivity index (χ1) is 13.0. The van der Waals surface area contributed by atoms with Gasteiger partial charge >= 0.3 is 6.18 Å². The summed E-state index contributed by atoms with van der Waals surface area (Å²) in [4.78, 5) is 9.28. The van der Waals surface area contributed by atoms with Gasteiger partial charge in [0.05, 0.1) is 23.7 Å². The Bertz CT molecular complexity index is 981. The molecule has 0 fully saturated rings. The lowest BCUT2D eigenvalue weighted by atomic mass is 9.99. The first kappa shape index (κ1) is 21.9. The first-order valence-electron chi connectivity index (χ1n) is 7.49. The predicted octanol–water partition coefficient (Wildman–Crippen LogP) is 4.31. The minimum absolute atomic E-state index is 0.0872. The molecule has 152 valence electrons. The Balaban J connectivity index is 2.30. The van der Waals surface area contributed by atoms with Crippen LogP contribution >= 0.6 is 11.6 Å². The predicted molar refractivity (Wildman–Crippen MR) is 93.0 cm³/mol. The number of halogens is 4. The summed E-state index contributed by atoms with van der Waals surface area (Å²) in [5.74, 6) is -2.15. The SMILES string of the molecule is COc1ccc(C(COS(=O)(=O)c2cccc([N+](=O)[O-])c2)C(F)(F)F)cc1Cl. The van der Waals surface area contributed by atoms with Gasteiger partial charge in [-0.05, 0) is 23.8 Å². The van der Waals surface area contributed by atoms with E-state index in [0.29, 0.717) is 6.07 Å². The molecule has 0 aliphatic rings. The number of methoxy groups -OCH3 is 1. The fraction of sp³-hybridized carbons (Fsp3) is 0.250. The van der Waals surface area contributed by atoms with Gasteiger partial charge in [0, 0.05) is 12.1 Å². The van der Waals surface area contributed by atoms with Crippen LogP contribution in [0.2, 0.25) is 5.02 Å². The molecule has 0 heterocycles. The van der Waals surface area contributed by atoms with Gasteiger partial charge in [0.1, 0.15) is 16.6 Å². The third-order valence-electron chi connectivity index (χ3n) is 3.68. The topological polar surface area (TPSA) is 95.7 Å². The van der Waals surface area contributed by atoms with Crippen molar-refractivity contribution in [2.75, 3.05) is 13.7 Å². The molecular weight excluding hydrogens is 427 g/mol. The van der Waals surface area contributed by atoms with Crippen molar-refractivity contribution in [2.45, 2.75) is 17.0 Å². The van der Waals surface area contributed by atoms with Crippen LogP contribution in [0, 0.1) is 10.1 Å². The van der Waals surface area contributed by atoms with Crippen LogP contribution in [0.4, 0.5) is 18.9 Å². The highest BCUT2D eigenvalue weighted by Crippen LogP contribution is 2.38. The van der Waals surface area contributed by atoms with Crippen molar-refractivity contribution in [1.82, 2.24) is 0 Å². The molecule has 0 radical (unpaired) electrons. The molecule has 0 bridgehead atoms. The van der Waals surface area contributed by atoms with E-state index in [1.54, 1.807) is 0 Å². The molecule has 1 atom stereocenters. The van der Waals surface area contributed by atoms with Crippen LogP contribution in [-0.2, 0) is 14.3 Å². The number of hydrogen-bond acceptors (Lipinski definition) is 6. The minimum Gasteiger partial charge on any atom is -0.495 e. The van der Waals surface area contributed by atoms with E-state index in [0.717, 1.165) is 30.3 Å². The monoisotopic (exact) mass is 439 g/mol. The molecule has 0 saturated heterocycles. The zero-order valence-corrected chi connectivity index (χ0v) is 15.7. The number of benzene rings is 2. The van der Waals surface area contributed by atoms with Crippen molar-refractivity contribution in [2.24, 2.45) is 0 Å². The molecule has 0 saturated carbocycles. The highest BCUT2D eigenvalue weighted by atomic mass is 35.5. The number of rotatable bonds is 7. The van der Waals surface area contributed by atoms with Crippen molar-refractivity contribution < 1.29 is 35.4 Å². The van der Waals surface area contributed by atoms with Crippen LogP contribution in [-0.4, -0.2) is 33.2 Å². The number of nitro benzene ring substituents is 1. The van der Waals surface area contributed by atoms with E-state index >= 15 is 0 Å². The molecule has 2 aromatic carbocycles. The maximum absolute atomic E-state index is 13.4. The van der Waals surface area contributed by atoms with Crippen molar-refractivity contribution in [3.05, 3.63) is 63.2 Å². The first-order valence-corrected chi connectivity index (χ1v) is 9.28. The van der Waals surface area contributed by atoms with E-state index in [4.69, 9.17) is 16.3 Å². The Morgan fingerprint density at radius 2 is 1.89 bits per heavy atom. The lowest BCUT2D eigenvalue weighted by Crippen LogP contribution is -2.27. The van der Waals surface area contributed by atoms with E-state index in [9.17, 15) is 31.7 Å². The summed E-state index contributed by atoms with van der Waals surface area (Å²) >= 11 is 5.84. The van der Waals surface area contributed by atoms with Crippen LogP contribution < -0.4 is 4.74 Å². The molecule has 2 aromatic rings. The molecule has 7 nitrogen and oxygen atoms in total. The van der Waals surface area contributed by atoms with E-state index in [-0.39, 0.29) is 16.3 Å². The molecule has 0 aliphatic heterocycles. The fourth-order valence-corrected chi connectivity index (χ4v) is 3.49. The van der Waals surface area contributed by atoms with Crippen LogP contribution in [0.5, 0.6) is 5.75 Å². The number of hydrogen-bond donors (Lipinski definition) is 0. The summed E-state index contributed by atoms with van der Waals surface area (Å²) in [6.07, 6.45) is -4.84. The molecular formula is C16H13ClF3NO6S. The summed E-state index contributed by atoms with van der Waals surface area (Å²) in [6, 6.07) is 7.10. The number of nitro groups is 1. The second-order valence-corrected chi connectivity index (χ2v) is 7.50. The van der Waals surface area contributed by atoms with Crippen LogP contribution in [0.1, 0.15) is 11.5 Å². The fourth-order valence-electron chi connectivity index (χ4n) is 2.26. The van der Waals surface area contributed by atoms with E-state index < -0.39 is 44.3 Å². The van der Waals surface area contributed by atoms with Gasteiger partial charge in [-0.1, -0.05) is 23.7 Å². The van der Waals surface area contributed by atoms with Gasteiger partial charge in [0.25, 0.3) is 15.8 Å². The average Bonchev–Trinajstić information content (AvgIpc) is 2.61. The third-order valence-corrected chi connectivity index (χ3v) is 5.25. The van der Waals surface area contributed by atoms with Crippen molar-refractivity contribution in [3.8, 4) is 5.75 Å². The van der Waals surface area contributed by atoms with Gasteiger partial charge in [-0.2, -0.15) is 21.6 Å². The Morgan fingerprint density at radius 3 is 2.43 bits per heavy atom. The maximum Gasteiger partial charge on any atom is 0.398 e. The Labute approximate surface area is 162 Å². The molecule has 28 heavy (non-hydrogen) atoms. The second-order valence-electron chi connectivity index (χ2n) is 5.48. The second kappa shape index (κ2) is 8.33. The lowest BCUT2D eigenvalue weighted by molar-refractivity contribution is -0.385. The Hall–Kier alpha value is -2.37. The Kier molecular flexibility index (Phi) is 6.52. The number of alkyl halides is 3. The highest BCUT2D eigenvalue weighted by molar-refractivity contribution is 7.86. The molecule has 0 N–H and O–H groups in total. The molecule has 2 rings (SSSR count). The molecule has 0 amide bonds. The van der Waals surface area contributed by atoms with Gasteiger partial charge < -0.3 is 4.74 Å². The molecule has 0 aliphatic carbocycles. The minimum atomic E-state index is -4.84. The van der Waals surface area contributed by atoms with Crippen LogP contribution in [0.3, 0.4) is 0 Å². The largest absolute Gasteiger partial charge is 0.495 e. The number of ether oxygens (including phenoxy) is 1. The maximum atomic E-state index is 13.4. The normalized spacial score (nSPS) is 13.2. The lowest BCUT2D eigenvalue weighted by Gasteiger charge is -2.21. The standard InChI is InChI=1S/C16H13ClF3NO6S/c1-26-15-6-5-10(7-14(15)17)13(16(18,19)20)9-27-28(24,25)12-4-2-3-11(8-12)21(22)23/h2-8,13H,9H2,1H3. The van der Waals surface area contributed by atoms with Crippen molar-refractivity contribution in [1.29, 1.82) is 0 Å². The van der Waals surface area contributed by atoms with Gasteiger partial charge in [-0.3, -0.25) is 14.3 Å². The molecule has 1 unspecified atom stereocenters. The smallest absolute Gasteiger partial charge is 0.398 e. The summed E-state index contributed by atoms with van der Waals surface area (Å²) in [5.41, 5.74) is -0.869. The van der Waals surface area contributed by atoms with E-state index in [1.807, 2.05) is 0 Å². The zero-order valence-electron chi connectivity index (χ0n) is 14.1. The van der Waals surface area contributed by atoms with Gasteiger partial charge in [-0.25, -0.2) is 0 Å². The van der Waals surface area contributed by atoms with E-state index in [2.05, 4.69) is 4.18 Å². The number of non-ortho nitro benzene ring substituents is 1. The van der Waals surface area contributed by atoms with Gasteiger partial charge in [-0.15, -0.1) is 0 Å². The van der Waals surface area contributed by atoms with Crippen LogP contribution in [0.25, 0.3) is 0 Å².